The number of H-pyrrole nitrogens is 1. The van der Waals surface area contributed by atoms with Gasteiger partial charge in [0.2, 0.25) is 5.91 Å². The van der Waals surface area contributed by atoms with Crippen LogP contribution in [0.1, 0.15) is 10.4 Å². The van der Waals surface area contributed by atoms with Crippen molar-refractivity contribution in [3.05, 3.63) is 52.7 Å². The lowest BCUT2D eigenvalue weighted by molar-refractivity contribution is 0.1000. The second-order valence-corrected chi connectivity index (χ2v) is 4.42. The molecule has 2 aromatic heterocycles. The summed E-state index contributed by atoms with van der Waals surface area (Å²) >= 11 is 0. The summed E-state index contributed by atoms with van der Waals surface area (Å²) in [6.45, 7) is 0. The summed E-state index contributed by atoms with van der Waals surface area (Å²) < 4.78 is 6.67. The molecule has 0 atom stereocenters. The maximum absolute atomic E-state index is 11.7. The van der Waals surface area contributed by atoms with Crippen LogP contribution in [-0.2, 0) is 0 Å². The Bertz CT molecular complexity index is 895. The Morgan fingerprint density at radius 3 is 2.86 bits per heavy atom. The Balaban J connectivity index is 2.20. The van der Waals surface area contributed by atoms with Gasteiger partial charge in [-0.15, -0.1) is 0 Å². The minimum atomic E-state index is -0.536. The number of fused-ring (bicyclic) bond motifs is 1. The highest BCUT2D eigenvalue weighted by Crippen LogP contribution is 2.30. The molecule has 106 valence electrons. The van der Waals surface area contributed by atoms with Gasteiger partial charge in [0.25, 0.3) is 0 Å². The molecule has 7 heteroatoms. The first-order chi connectivity index (χ1) is 10.1. The van der Waals surface area contributed by atoms with E-state index in [4.69, 9.17) is 10.5 Å². The minimum absolute atomic E-state index is 0.279. The summed E-state index contributed by atoms with van der Waals surface area (Å²) in [6.07, 6.45) is 3.14. The fraction of sp³-hybridized carbons (Fsp3) is 0.0714. The monoisotopic (exact) mass is 284 g/mol. The zero-order valence-electron chi connectivity index (χ0n) is 11.2. The van der Waals surface area contributed by atoms with Crippen molar-refractivity contribution in [3.63, 3.8) is 0 Å². The van der Waals surface area contributed by atoms with Crippen LogP contribution < -0.4 is 16.2 Å². The number of hydrogen-bond donors (Lipinski definition) is 2. The second kappa shape index (κ2) is 4.78. The molecule has 7 nitrogen and oxygen atoms in total. The lowest BCUT2D eigenvalue weighted by atomic mass is 10.1. The van der Waals surface area contributed by atoms with E-state index in [1.807, 2.05) is 0 Å². The lowest BCUT2D eigenvalue weighted by Crippen LogP contribution is -2.13. The van der Waals surface area contributed by atoms with E-state index in [1.54, 1.807) is 30.5 Å². The van der Waals surface area contributed by atoms with Crippen molar-refractivity contribution >= 4 is 11.6 Å². The maximum Gasteiger partial charge on any atom is 0.331 e. The Morgan fingerprint density at radius 2 is 2.19 bits per heavy atom. The van der Waals surface area contributed by atoms with E-state index in [9.17, 15) is 9.59 Å². The van der Waals surface area contributed by atoms with E-state index in [0.717, 1.165) is 0 Å². The van der Waals surface area contributed by atoms with Crippen LogP contribution in [0, 0.1) is 0 Å². The van der Waals surface area contributed by atoms with Crippen LogP contribution in [-0.4, -0.2) is 27.4 Å². The highest BCUT2D eigenvalue weighted by Gasteiger charge is 2.13. The molecular formula is C14H12N4O3. The number of primary amides is 1. The Morgan fingerprint density at radius 1 is 1.38 bits per heavy atom. The Kier molecular flexibility index (Phi) is 2.94. The molecule has 0 saturated heterocycles. The average Bonchev–Trinajstić information content (AvgIpc) is 2.91. The van der Waals surface area contributed by atoms with Crippen molar-refractivity contribution in [1.82, 2.24) is 14.4 Å². The topological polar surface area (TPSA) is 102 Å². The van der Waals surface area contributed by atoms with E-state index in [-0.39, 0.29) is 5.69 Å². The summed E-state index contributed by atoms with van der Waals surface area (Å²) in [7, 11) is 1.49. The minimum Gasteiger partial charge on any atom is -0.496 e. The number of benzene rings is 1. The third-order valence-electron chi connectivity index (χ3n) is 3.15. The molecule has 21 heavy (non-hydrogen) atoms. The molecule has 3 rings (SSSR count). The molecule has 1 aromatic carbocycles. The number of rotatable bonds is 3. The number of methoxy groups -OCH3 is 1. The fourth-order valence-electron chi connectivity index (χ4n) is 2.12. The van der Waals surface area contributed by atoms with Gasteiger partial charge >= 0.3 is 5.69 Å². The van der Waals surface area contributed by atoms with Gasteiger partial charge in [0.05, 0.1) is 12.8 Å². The van der Waals surface area contributed by atoms with Crippen LogP contribution in [0.3, 0.4) is 0 Å². The van der Waals surface area contributed by atoms with E-state index in [1.165, 1.54) is 17.7 Å². The molecular weight excluding hydrogens is 272 g/mol. The van der Waals surface area contributed by atoms with Crippen molar-refractivity contribution in [2.45, 2.75) is 0 Å². The van der Waals surface area contributed by atoms with Crippen LogP contribution in [0.2, 0.25) is 0 Å². The standard InChI is InChI=1S/C14H12N4O3/c1-21-11-6-8(13(15)19)2-3-9(11)10-7-18-12(17-10)4-5-16-14(18)20/h2-7H,1H3,(H2,15,19)(H,16,20). The molecule has 1 amide bonds. The zero-order chi connectivity index (χ0) is 15.0. The molecule has 0 fully saturated rings. The summed E-state index contributed by atoms with van der Waals surface area (Å²) in [5, 5.41) is 0. The first kappa shape index (κ1) is 12.9. The van der Waals surface area contributed by atoms with Crippen LogP contribution in [0.15, 0.2) is 41.5 Å². The number of aromatic nitrogens is 3. The van der Waals surface area contributed by atoms with Crippen LogP contribution in [0.4, 0.5) is 0 Å². The number of nitrogens with two attached hydrogens (primary N) is 1. The van der Waals surface area contributed by atoms with Gasteiger partial charge in [0, 0.05) is 23.5 Å². The largest absolute Gasteiger partial charge is 0.496 e. The number of ether oxygens (including phenoxy) is 1. The van der Waals surface area contributed by atoms with Gasteiger partial charge in [-0.25, -0.2) is 9.78 Å². The van der Waals surface area contributed by atoms with E-state index >= 15 is 0 Å². The lowest BCUT2D eigenvalue weighted by Gasteiger charge is -2.07. The van der Waals surface area contributed by atoms with Crippen molar-refractivity contribution in [2.75, 3.05) is 7.11 Å². The van der Waals surface area contributed by atoms with Crippen LogP contribution in [0.5, 0.6) is 5.75 Å². The van der Waals surface area contributed by atoms with Gasteiger partial charge in [-0.1, -0.05) is 0 Å². The van der Waals surface area contributed by atoms with Crippen molar-refractivity contribution in [1.29, 1.82) is 0 Å². The molecule has 0 aliphatic rings. The summed E-state index contributed by atoms with van der Waals surface area (Å²) in [4.78, 5) is 29.8. The Hall–Kier alpha value is -3.09. The third-order valence-corrected chi connectivity index (χ3v) is 3.15. The molecule has 2 heterocycles. The number of carbonyl (C=O) groups excluding carboxylic acids is 1. The van der Waals surface area contributed by atoms with E-state index < -0.39 is 5.91 Å². The van der Waals surface area contributed by atoms with Crippen molar-refractivity contribution in [2.24, 2.45) is 5.73 Å². The number of carbonyl (C=O) groups is 1. The van der Waals surface area contributed by atoms with Gasteiger partial charge < -0.3 is 15.5 Å². The van der Waals surface area contributed by atoms with Gasteiger partial charge in [0.15, 0.2) is 0 Å². The van der Waals surface area contributed by atoms with Gasteiger partial charge in [-0.05, 0) is 24.3 Å². The highest BCUT2D eigenvalue weighted by atomic mass is 16.5. The molecule has 0 bridgehead atoms. The fourth-order valence-corrected chi connectivity index (χ4v) is 2.12. The van der Waals surface area contributed by atoms with Crippen molar-refractivity contribution < 1.29 is 9.53 Å². The van der Waals surface area contributed by atoms with E-state index in [2.05, 4.69) is 9.97 Å². The number of aromatic amines is 1. The second-order valence-electron chi connectivity index (χ2n) is 4.42. The smallest absolute Gasteiger partial charge is 0.331 e. The molecule has 0 aliphatic heterocycles. The predicted molar refractivity (Wildman–Crippen MR) is 76.3 cm³/mol. The zero-order valence-corrected chi connectivity index (χ0v) is 11.2. The van der Waals surface area contributed by atoms with Gasteiger partial charge in [0.1, 0.15) is 11.4 Å². The molecule has 3 aromatic rings. The number of nitrogens with one attached hydrogen (secondary N) is 1. The summed E-state index contributed by atoms with van der Waals surface area (Å²) in [6, 6.07) is 6.52. The third kappa shape index (κ3) is 2.14. The SMILES string of the molecule is COc1cc(C(N)=O)ccc1-c1cn2c(=O)[nH]ccc2n1. The quantitative estimate of drug-likeness (QED) is 0.742. The molecule has 0 unspecified atom stereocenters. The normalized spacial score (nSPS) is 10.7. The molecule has 0 spiro atoms. The summed E-state index contributed by atoms with van der Waals surface area (Å²) in [5.41, 5.74) is 7.08. The van der Waals surface area contributed by atoms with Crippen LogP contribution in [0.25, 0.3) is 16.9 Å². The van der Waals surface area contributed by atoms with Crippen molar-refractivity contribution in [3.8, 4) is 17.0 Å². The number of nitrogens with zero attached hydrogens (tertiary/aromatic N) is 2. The first-order valence-electron chi connectivity index (χ1n) is 6.15. The number of hydrogen-bond acceptors (Lipinski definition) is 4. The number of imidazole rings is 1. The highest BCUT2D eigenvalue weighted by molar-refractivity contribution is 5.94. The van der Waals surface area contributed by atoms with Crippen LogP contribution >= 0.6 is 0 Å². The molecule has 0 radical (unpaired) electrons. The predicted octanol–water partition coefficient (Wildman–Crippen LogP) is 0.797. The molecule has 0 aliphatic carbocycles. The van der Waals surface area contributed by atoms with Gasteiger partial charge in [-0.3, -0.25) is 9.20 Å². The van der Waals surface area contributed by atoms with E-state index in [0.29, 0.717) is 28.2 Å². The summed E-state index contributed by atoms with van der Waals surface area (Å²) in [5.74, 6) is -0.0718. The number of amides is 1. The molecule has 0 saturated carbocycles. The molecule has 3 N–H and O–H groups in total. The maximum atomic E-state index is 11.7. The average molecular weight is 284 g/mol. The Labute approximate surface area is 119 Å². The first-order valence-corrected chi connectivity index (χ1v) is 6.15. The van der Waals surface area contributed by atoms with Gasteiger partial charge in [-0.2, -0.15) is 0 Å².